The van der Waals surface area contributed by atoms with Crippen molar-refractivity contribution in [3.05, 3.63) is 46.9 Å². The predicted octanol–water partition coefficient (Wildman–Crippen LogP) is 2.89. The van der Waals surface area contributed by atoms with Gasteiger partial charge in [-0.1, -0.05) is 0 Å². The van der Waals surface area contributed by atoms with Gasteiger partial charge in [0.05, 0.1) is 14.2 Å². The van der Waals surface area contributed by atoms with Crippen molar-refractivity contribution < 1.29 is 18.7 Å². The number of carbonyl (C=O) groups is 1. The smallest absolute Gasteiger partial charge is 0.287 e. The van der Waals surface area contributed by atoms with Crippen molar-refractivity contribution >= 4 is 5.91 Å². The molecule has 0 aliphatic heterocycles. The van der Waals surface area contributed by atoms with Crippen LogP contribution in [-0.4, -0.2) is 26.7 Å². The molecule has 5 heteroatoms. The minimum Gasteiger partial charge on any atom is -0.497 e. The van der Waals surface area contributed by atoms with Gasteiger partial charge < -0.3 is 19.2 Å². The number of hydrogen-bond acceptors (Lipinski definition) is 4. The summed E-state index contributed by atoms with van der Waals surface area (Å²) in [6.45, 7) is 4.24. The van der Waals surface area contributed by atoms with E-state index in [1.807, 2.05) is 32.0 Å². The van der Waals surface area contributed by atoms with Gasteiger partial charge in [-0.2, -0.15) is 0 Å². The highest BCUT2D eigenvalue weighted by Gasteiger charge is 2.12. The second kappa shape index (κ2) is 7.02. The Labute approximate surface area is 130 Å². The number of ether oxygens (including phenoxy) is 2. The Kier molecular flexibility index (Phi) is 5.09. The Morgan fingerprint density at radius 3 is 2.55 bits per heavy atom. The maximum atomic E-state index is 12.0. The number of amides is 1. The molecule has 0 saturated heterocycles. The fourth-order valence-corrected chi connectivity index (χ4v) is 2.16. The molecule has 0 aliphatic carbocycles. The van der Waals surface area contributed by atoms with Gasteiger partial charge in [-0.25, -0.2) is 0 Å². The molecule has 118 valence electrons. The lowest BCUT2D eigenvalue weighted by molar-refractivity contribution is 0.0925. The fourth-order valence-electron chi connectivity index (χ4n) is 2.16. The van der Waals surface area contributed by atoms with Crippen molar-refractivity contribution in [3.63, 3.8) is 0 Å². The Hall–Kier alpha value is -2.43. The quantitative estimate of drug-likeness (QED) is 0.891. The third kappa shape index (κ3) is 3.61. The molecule has 0 radical (unpaired) electrons. The molecule has 0 atom stereocenters. The van der Waals surface area contributed by atoms with E-state index in [9.17, 15) is 4.79 Å². The first-order valence-electron chi connectivity index (χ1n) is 7.11. The summed E-state index contributed by atoms with van der Waals surface area (Å²) in [5.41, 5.74) is 1.95. The van der Waals surface area contributed by atoms with Crippen LogP contribution >= 0.6 is 0 Å². The van der Waals surface area contributed by atoms with Gasteiger partial charge in [-0.05, 0) is 55.7 Å². The summed E-state index contributed by atoms with van der Waals surface area (Å²) in [7, 11) is 3.24. The molecule has 1 N–H and O–H groups in total. The van der Waals surface area contributed by atoms with Gasteiger partial charge in [0.25, 0.3) is 5.91 Å². The van der Waals surface area contributed by atoms with E-state index in [2.05, 4.69) is 5.32 Å². The number of carbonyl (C=O) groups excluding carboxylic acids is 1. The minimum absolute atomic E-state index is 0.210. The van der Waals surface area contributed by atoms with Crippen LogP contribution in [0, 0.1) is 13.8 Å². The van der Waals surface area contributed by atoms with Crippen LogP contribution in [0.2, 0.25) is 0 Å². The first-order valence-corrected chi connectivity index (χ1v) is 7.11. The monoisotopic (exact) mass is 303 g/mol. The molecular weight excluding hydrogens is 282 g/mol. The number of benzene rings is 1. The van der Waals surface area contributed by atoms with E-state index in [1.165, 1.54) is 0 Å². The molecule has 1 aromatic carbocycles. The fraction of sp³-hybridized carbons (Fsp3) is 0.353. The summed E-state index contributed by atoms with van der Waals surface area (Å²) in [5.74, 6) is 2.43. The summed E-state index contributed by atoms with van der Waals surface area (Å²) in [6.07, 6.45) is 0.644. The Bertz CT molecular complexity index is 641. The van der Waals surface area contributed by atoms with Crippen LogP contribution in [0.5, 0.6) is 11.5 Å². The second-order valence-electron chi connectivity index (χ2n) is 5.03. The van der Waals surface area contributed by atoms with Crippen molar-refractivity contribution in [1.29, 1.82) is 0 Å². The number of nitrogens with one attached hydrogen (secondary N) is 1. The molecule has 2 rings (SSSR count). The number of furan rings is 1. The molecule has 0 saturated carbocycles. The van der Waals surface area contributed by atoms with Gasteiger partial charge in [0, 0.05) is 6.54 Å². The Balaban J connectivity index is 1.97. The molecule has 1 aromatic heterocycles. The highest BCUT2D eigenvalue weighted by molar-refractivity contribution is 5.91. The molecule has 2 aromatic rings. The van der Waals surface area contributed by atoms with Crippen LogP contribution in [0.15, 0.2) is 28.7 Å². The Morgan fingerprint density at radius 2 is 1.95 bits per heavy atom. The first kappa shape index (κ1) is 15.9. The maximum absolute atomic E-state index is 12.0. The average molecular weight is 303 g/mol. The molecule has 0 unspecified atom stereocenters. The van der Waals surface area contributed by atoms with E-state index in [4.69, 9.17) is 13.9 Å². The van der Waals surface area contributed by atoms with Crippen molar-refractivity contribution in [3.8, 4) is 11.5 Å². The second-order valence-corrected chi connectivity index (χ2v) is 5.03. The summed E-state index contributed by atoms with van der Waals surface area (Å²) in [4.78, 5) is 12.0. The van der Waals surface area contributed by atoms with Crippen LogP contribution in [0.1, 0.15) is 27.4 Å². The van der Waals surface area contributed by atoms with Gasteiger partial charge >= 0.3 is 0 Å². The molecule has 22 heavy (non-hydrogen) atoms. The third-order valence-corrected chi connectivity index (χ3v) is 3.56. The lowest BCUT2D eigenvalue weighted by Gasteiger charge is -2.10. The maximum Gasteiger partial charge on any atom is 0.287 e. The van der Waals surface area contributed by atoms with Crippen LogP contribution in [0.3, 0.4) is 0 Å². The van der Waals surface area contributed by atoms with Crippen LogP contribution in [0.25, 0.3) is 0 Å². The topological polar surface area (TPSA) is 60.7 Å². The lowest BCUT2D eigenvalue weighted by atomic mass is 10.1. The molecule has 1 amide bonds. The molecule has 5 nitrogen and oxygen atoms in total. The summed E-state index contributed by atoms with van der Waals surface area (Å²) >= 11 is 0. The predicted molar refractivity (Wildman–Crippen MR) is 83.8 cm³/mol. The highest BCUT2D eigenvalue weighted by atomic mass is 16.5. The van der Waals surface area contributed by atoms with E-state index in [0.717, 1.165) is 28.4 Å². The van der Waals surface area contributed by atoms with Crippen molar-refractivity contribution in [1.82, 2.24) is 5.32 Å². The zero-order valence-corrected chi connectivity index (χ0v) is 13.4. The van der Waals surface area contributed by atoms with Crippen molar-refractivity contribution in [2.75, 3.05) is 20.8 Å². The summed E-state index contributed by atoms with van der Waals surface area (Å²) in [5, 5.41) is 2.85. The molecule has 0 spiro atoms. The SMILES string of the molecule is COc1ccc(OC)c(CCNC(=O)c2cc(C)c(C)o2)c1. The molecular formula is C17H21NO4. The highest BCUT2D eigenvalue weighted by Crippen LogP contribution is 2.24. The number of hydrogen-bond donors (Lipinski definition) is 1. The first-order chi connectivity index (χ1) is 10.5. The summed E-state index contributed by atoms with van der Waals surface area (Å²) < 4.78 is 15.9. The van der Waals surface area contributed by atoms with E-state index >= 15 is 0 Å². The molecule has 0 aliphatic rings. The van der Waals surface area contributed by atoms with Gasteiger partial charge in [0.1, 0.15) is 17.3 Å². The van der Waals surface area contributed by atoms with Crippen LogP contribution in [0.4, 0.5) is 0 Å². The van der Waals surface area contributed by atoms with E-state index < -0.39 is 0 Å². The van der Waals surface area contributed by atoms with E-state index in [0.29, 0.717) is 18.7 Å². The van der Waals surface area contributed by atoms with E-state index in [-0.39, 0.29) is 5.91 Å². The lowest BCUT2D eigenvalue weighted by Crippen LogP contribution is -2.25. The normalized spacial score (nSPS) is 10.4. The van der Waals surface area contributed by atoms with Gasteiger partial charge in [0.15, 0.2) is 5.76 Å². The average Bonchev–Trinajstić information content (AvgIpc) is 2.86. The zero-order valence-electron chi connectivity index (χ0n) is 13.4. The minimum atomic E-state index is -0.210. The number of methoxy groups -OCH3 is 2. The zero-order chi connectivity index (χ0) is 16.1. The van der Waals surface area contributed by atoms with Crippen LogP contribution < -0.4 is 14.8 Å². The standard InChI is InChI=1S/C17H21NO4/c1-11-9-16(22-12(11)2)17(19)18-8-7-13-10-14(20-3)5-6-15(13)21-4/h5-6,9-10H,7-8H2,1-4H3,(H,18,19). The summed E-state index contributed by atoms with van der Waals surface area (Å²) in [6, 6.07) is 7.35. The van der Waals surface area contributed by atoms with Crippen LogP contribution in [-0.2, 0) is 6.42 Å². The van der Waals surface area contributed by atoms with Crippen molar-refractivity contribution in [2.24, 2.45) is 0 Å². The van der Waals surface area contributed by atoms with Crippen molar-refractivity contribution in [2.45, 2.75) is 20.3 Å². The number of aryl methyl sites for hydroxylation is 2. The van der Waals surface area contributed by atoms with Gasteiger partial charge in [-0.15, -0.1) is 0 Å². The molecule has 0 bridgehead atoms. The van der Waals surface area contributed by atoms with Gasteiger partial charge in [-0.3, -0.25) is 4.79 Å². The third-order valence-electron chi connectivity index (χ3n) is 3.56. The molecule has 1 heterocycles. The van der Waals surface area contributed by atoms with E-state index in [1.54, 1.807) is 20.3 Å². The number of rotatable bonds is 6. The largest absolute Gasteiger partial charge is 0.497 e. The Morgan fingerprint density at radius 1 is 1.18 bits per heavy atom. The molecule has 0 fully saturated rings. The van der Waals surface area contributed by atoms with Gasteiger partial charge in [0.2, 0.25) is 0 Å².